The second-order valence-corrected chi connectivity index (χ2v) is 6.99. The Balaban J connectivity index is 1.39. The Bertz CT molecular complexity index is 890. The zero-order valence-electron chi connectivity index (χ0n) is 14.0. The Morgan fingerprint density at radius 3 is 2.50 bits per heavy atom. The number of carbonyl (C=O) groups excluding carboxylic acids is 1. The number of aromatic nitrogens is 2. The summed E-state index contributed by atoms with van der Waals surface area (Å²) >= 11 is 1.63. The van der Waals surface area contributed by atoms with E-state index >= 15 is 0 Å². The molecular weight excluding hydrogens is 351 g/mol. The first-order valence-corrected chi connectivity index (χ1v) is 9.26. The number of nitrogens with zero attached hydrogens (tertiary/aromatic N) is 4. The molecule has 1 aliphatic rings. The van der Waals surface area contributed by atoms with E-state index in [0.29, 0.717) is 31.7 Å². The zero-order chi connectivity index (χ0) is 17.9. The monoisotopic (exact) mass is 368 g/mol. The lowest BCUT2D eigenvalue weighted by Crippen LogP contribution is -2.49. The van der Waals surface area contributed by atoms with Crippen LogP contribution in [0.15, 0.2) is 53.9 Å². The summed E-state index contributed by atoms with van der Waals surface area (Å²) in [5.41, 5.74) is 1.25. The summed E-state index contributed by atoms with van der Waals surface area (Å²) in [5, 5.41) is 10.6. The van der Waals surface area contributed by atoms with Gasteiger partial charge in [0.1, 0.15) is 11.5 Å². The highest BCUT2D eigenvalue weighted by atomic mass is 32.1. The number of benzene rings is 1. The van der Waals surface area contributed by atoms with Crippen LogP contribution >= 0.6 is 11.3 Å². The SMILES string of the molecule is O=C(c1cccc(F)c1)N1CCN(c2ccc(-c3cccs3)nn2)CC1. The average Bonchev–Trinajstić information content (AvgIpc) is 3.23. The van der Waals surface area contributed by atoms with E-state index in [9.17, 15) is 9.18 Å². The molecule has 1 aromatic carbocycles. The number of carbonyl (C=O) groups is 1. The lowest BCUT2D eigenvalue weighted by molar-refractivity contribution is 0.0746. The quantitative estimate of drug-likeness (QED) is 0.712. The number of anilines is 1. The van der Waals surface area contributed by atoms with Gasteiger partial charge >= 0.3 is 0 Å². The minimum Gasteiger partial charge on any atom is -0.352 e. The van der Waals surface area contributed by atoms with Crippen molar-refractivity contribution in [2.75, 3.05) is 31.1 Å². The van der Waals surface area contributed by atoms with Crippen LogP contribution in [0.25, 0.3) is 10.6 Å². The molecule has 0 bridgehead atoms. The molecule has 26 heavy (non-hydrogen) atoms. The van der Waals surface area contributed by atoms with Crippen molar-refractivity contribution >= 4 is 23.1 Å². The summed E-state index contributed by atoms with van der Waals surface area (Å²) in [5.74, 6) is 0.280. The van der Waals surface area contributed by atoms with Crippen LogP contribution in [-0.4, -0.2) is 47.2 Å². The Hall–Kier alpha value is -2.80. The molecule has 1 aliphatic heterocycles. The normalized spacial score (nSPS) is 14.5. The van der Waals surface area contributed by atoms with Gasteiger partial charge in [-0.3, -0.25) is 4.79 Å². The van der Waals surface area contributed by atoms with Crippen LogP contribution in [0.4, 0.5) is 10.2 Å². The number of amides is 1. The van der Waals surface area contributed by atoms with Crippen LogP contribution in [0.5, 0.6) is 0 Å². The van der Waals surface area contributed by atoms with E-state index < -0.39 is 5.82 Å². The lowest BCUT2D eigenvalue weighted by Gasteiger charge is -2.35. The highest BCUT2D eigenvalue weighted by molar-refractivity contribution is 7.13. The van der Waals surface area contributed by atoms with Crippen LogP contribution in [-0.2, 0) is 0 Å². The van der Waals surface area contributed by atoms with Gasteiger partial charge in [-0.2, -0.15) is 0 Å². The van der Waals surface area contributed by atoms with Gasteiger partial charge in [0.05, 0.1) is 4.88 Å². The Labute approximate surface area is 154 Å². The minimum atomic E-state index is -0.393. The maximum absolute atomic E-state index is 13.3. The second-order valence-electron chi connectivity index (χ2n) is 6.04. The number of hydrogen-bond acceptors (Lipinski definition) is 5. The van der Waals surface area contributed by atoms with Gasteiger partial charge in [-0.05, 0) is 41.8 Å². The molecule has 2 aromatic heterocycles. The Morgan fingerprint density at radius 2 is 1.85 bits per heavy atom. The molecule has 132 valence electrons. The molecule has 1 fully saturated rings. The van der Waals surface area contributed by atoms with Crippen molar-refractivity contribution in [3.05, 3.63) is 65.3 Å². The molecule has 0 spiro atoms. The van der Waals surface area contributed by atoms with Gasteiger partial charge in [-0.25, -0.2) is 4.39 Å². The summed E-state index contributed by atoms with van der Waals surface area (Å²) in [4.78, 5) is 17.4. The molecule has 0 saturated carbocycles. The van der Waals surface area contributed by atoms with Gasteiger partial charge in [-0.15, -0.1) is 21.5 Å². The van der Waals surface area contributed by atoms with E-state index in [2.05, 4.69) is 15.1 Å². The summed E-state index contributed by atoms with van der Waals surface area (Å²) in [6.45, 7) is 2.50. The van der Waals surface area contributed by atoms with Crippen molar-refractivity contribution in [3.8, 4) is 10.6 Å². The smallest absolute Gasteiger partial charge is 0.254 e. The van der Waals surface area contributed by atoms with Crippen molar-refractivity contribution < 1.29 is 9.18 Å². The van der Waals surface area contributed by atoms with Crippen LogP contribution in [0.2, 0.25) is 0 Å². The predicted octanol–water partition coefficient (Wildman–Crippen LogP) is 3.31. The van der Waals surface area contributed by atoms with Gasteiger partial charge in [0.2, 0.25) is 0 Å². The summed E-state index contributed by atoms with van der Waals surface area (Å²) in [6, 6.07) is 13.8. The molecule has 1 amide bonds. The van der Waals surface area contributed by atoms with E-state index in [0.717, 1.165) is 16.4 Å². The fourth-order valence-electron chi connectivity index (χ4n) is 2.99. The molecule has 0 N–H and O–H groups in total. The highest BCUT2D eigenvalue weighted by Gasteiger charge is 2.23. The van der Waals surface area contributed by atoms with Crippen molar-refractivity contribution in [2.45, 2.75) is 0 Å². The standard InChI is InChI=1S/C19H17FN4OS/c20-15-4-1-3-14(13-15)19(25)24-10-8-23(9-11-24)18-7-6-16(21-22-18)17-5-2-12-26-17/h1-7,12-13H,8-11H2. The summed E-state index contributed by atoms with van der Waals surface area (Å²) in [6.07, 6.45) is 0. The van der Waals surface area contributed by atoms with Gasteiger partial charge in [0, 0.05) is 31.7 Å². The molecule has 5 nitrogen and oxygen atoms in total. The molecule has 1 saturated heterocycles. The third-order valence-electron chi connectivity index (χ3n) is 4.39. The number of rotatable bonds is 3. The maximum atomic E-state index is 13.3. The molecule has 3 heterocycles. The predicted molar refractivity (Wildman–Crippen MR) is 99.9 cm³/mol. The molecule has 3 aromatic rings. The Morgan fingerprint density at radius 1 is 1.00 bits per heavy atom. The number of thiophene rings is 1. The highest BCUT2D eigenvalue weighted by Crippen LogP contribution is 2.23. The molecule has 0 unspecified atom stereocenters. The van der Waals surface area contributed by atoms with Crippen LogP contribution < -0.4 is 4.90 Å². The van der Waals surface area contributed by atoms with Crippen molar-refractivity contribution in [2.24, 2.45) is 0 Å². The minimum absolute atomic E-state index is 0.136. The molecule has 0 radical (unpaired) electrons. The van der Waals surface area contributed by atoms with Gasteiger partial charge in [0.25, 0.3) is 5.91 Å². The number of hydrogen-bond donors (Lipinski definition) is 0. The maximum Gasteiger partial charge on any atom is 0.254 e. The van der Waals surface area contributed by atoms with E-state index in [-0.39, 0.29) is 5.91 Å². The fourth-order valence-corrected chi connectivity index (χ4v) is 3.68. The molecular formula is C19H17FN4OS. The van der Waals surface area contributed by atoms with Crippen molar-refractivity contribution in [3.63, 3.8) is 0 Å². The number of halogens is 1. The first-order chi connectivity index (χ1) is 12.7. The third kappa shape index (κ3) is 3.43. The molecule has 7 heteroatoms. The third-order valence-corrected chi connectivity index (χ3v) is 5.28. The first kappa shape index (κ1) is 16.7. The van der Waals surface area contributed by atoms with Crippen molar-refractivity contribution in [1.29, 1.82) is 0 Å². The average molecular weight is 368 g/mol. The van der Waals surface area contributed by atoms with Crippen LogP contribution in [0, 0.1) is 5.82 Å². The fraction of sp³-hybridized carbons (Fsp3) is 0.211. The topological polar surface area (TPSA) is 49.3 Å². The van der Waals surface area contributed by atoms with E-state index in [1.165, 1.54) is 12.1 Å². The van der Waals surface area contributed by atoms with Crippen LogP contribution in [0.1, 0.15) is 10.4 Å². The number of piperazine rings is 1. The van der Waals surface area contributed by atoms with Crippen LogP contribution in [0.3, 0.4) is 0 Å². The second kappa shape index (κ2) is 7.21. The van der Waals surface area contributed by atoms with E-state index in [1.54, 1.807) is 28.4 Å². The van der Waals surface area contributed by atoms with Gasteiger partial charge in [-0.1, -0.05) is 12.1 Å². The molecule has 0 atom stereocenters. The summed E-state index contributed by atoms with van der Waals surface area (Å²) < 4.78 is 13.3. The summed E-state index contributed by atoms with van der Waals surface area (Å²) in [7, 11) is 0. The Kier molecular flexibility index (Phi) is 4.62. The first-order valence-electron chi connectivity index (χ1n) is 8.38. The van der Waals surface area contributed by atoms with Gasteiger partial charge < -0.3 is 9.80 Å². The zero-order valence-corrected chi connectivity index (χ0v) is 14.8. The largest absolute Gasteiger partial charge is 0.352 e. The van der Waals surface area contributed by atoms with Gasteiger partial charge in [0.15, 0.2) is 5.82 Å². The van der Waals surface area contributed by atoms with E-state index in [4.69, 9.17) is 0 Å². The van der Waals surface area contributed by atoms with E-state index in [1.807, 2.05) is 29.6 Å². The van der Waals surface area contributed by atoms with Crippen molar-refractivity contribution in [1.82, 2.24) is 15.1 Å². The lowest BCUT2D eigenvalue weighted by atomic mass is 10.1. The molecule has 0 aliphatic carbocycles. The molecule has 4 rings (SSSR count).